The molecule has 1 aliphatic rings. The molecule has 0 aliphatic carbocycles. The van der Waals surface area contributed by atoms with Gasteiger partial charge in [0, 0.05) is 57.7 Å². The van der Waals surface area contributed by atoms with E-state index in [0.29, 0.717) is 35.2 Å². The summed E-state index contributed by atoms with van der Waals surface area (Å²) in [7, 11) is 3.55. The lowest BCUT2D eigenvalue weighted by Gasteiger charge is -2.37. The Morgan fingerprint density at radius 3 is 2.35 bits per heavy atom. The highest BCUT2D eigenvalue weighted by Gasteiger charge is 2.36. The van der Waals surface area contributed by atoms with Gasteiger partial charge in [-0.2, -0.15) is 0 Å². The zero-order valence-corrected chi connectivity index (χ0v) is 27.4. The predicted molar refractivity (Wildman–Crippen MR) is 181 cm³/mol. The molecule has 2 atom stereocenters. The van der Waals surface area contributed by atoms with Crippen LogP contribution in [0.1, 0.15) is 47.2 Å². The number of halogens is 2. The first-order chi connectivity index (χ1) is 22.0. The second kappa shape index (κ2) is 16.2. The molecule has 0 saturated carbocycles. The molecule has 4 N–H and O–H groups in total. The number of nitrogens with one attached hydrogen (secondary N) is 2. The first kappa shape index (κ1) is 34.5. The van der Waals surface area contributed by atoms with E-state index in [1.807, 2.05) is 30.3 Å². The Labute approximate surface area is 278 Å². The SMILES string of the molecule is CN(C)C(N)=NCCCC(NC(=O)[C@@H]1Cc2ccccc2CN1C(=O)CCC(=O)c1ccccc1)C(=O)Nc1ccc(Cl)c(Cl)c1. The number of benzene rings is 3. The number of hydrogen-bond acceptors (Lipinski definition) is 5. The van der Waals surface area contributed by atoms with E-state index < -0.39 is 23.9 Å². The van der Waals surface area contributed by atoms with Gasteiger partial charge in [0.1, 0.15) is 12.1 Å². The van der Waals surface area contributed by atoms with Gasteiger partial charge in [0.15, 0.2) is 11.7 Å². The molecule has 0 radical (unpaired) electrons. The van der Waals surface area contributed by atoms with E-state index in [4.69, 9.17) is 28.9 Å². The minimum Gasteiger partial charge on any atom is -0.370 e. The number of carbonyl (C=O) groups is 4. The smallest absolute Gasteiger partial charge is 0.246 e. The Balaban J connectivity index is 1.52. The Morgan fingerprint density at radius 1 is 0.957 bits per heavy atom. The van der Waals surface area contributed by atoms with Crippen LogP contribution < -0.4 is 16.4 Å². The van der Waals surface area contributed by atoms with E-state index in [1.54, 1.807) is 55.4 Å². The highest BCUT2D eigenvalue weighted by molar-refractivity contribution is 6.42. The molecule has 0 fully saturated rings. The third-order valence-corrected chi connectivity index (χ3v) is 8.48. The lowest BCUT2D eigenvalue weighted by atomic mass is 9.92. The van der Waals surface area contributed by atoms with Crippen molar-refractivity contribution < 1.29 is 19.2 Å². The quantitative estimate of drug-likeness (QED) is 0.111. The number of carbonyl (C=O) groups excluding carboxylic acids is 4. The van der Waals surface area contributed by atoms with Gasteiger partial charge < -0.3 is 26.2 Å². The molecular weight excluding hydrogens is 627 g/mol. The number of Topliss-reactive ketones (excluding diaryl/α,β-unsaturated/α-hetero) is 1. The zero-order valence-electron chi connectivity index (χ0n) is 25.8. The molecule has 10 nitrogen and oxygen atoms in total. The van der Waals surface area contributed by atoms with Crippen molar-refractivity contribution in [2.24, 2.45) is 10.7 Å². The van der Waals surface area contributed by atoms with Gasteiger partial charge in [-0.3, -0.25) is 24.2 Å². The minimum atomic E-state index is -0.952. The summed E-state index contributed by atoms with van der Waals surface area (Å²) in [5.74, 6) is -1.04. The van der Waals surface area contributed by atoms with E-state index >= 15 is 0 Å². The zero-order chi connectivity index (χ0) is 33.2. The van der Waals surface area contributed by atoms with Gasteiger partial charge in [0.05, 0.1) is 10.0 Å². The molecule has 0 bridgehead atoms. The molecule has 1 aliphatic heterocycles. The van der Waals surface area contributed by atoms with Crippen LogP contribution >= 0.6 is 23.2 Å². The van der Waals surface area contributed by atoms with Crippen LogP contribution in [0.4, 0.5) is 5.69 Å². The minimum absolute atomic E-state index is 0.0145. The molecule has 242 valence electrons. The molecule has 4 rings (SSSR count). The van der Waals surface area contributed by atoms with E-state index in [2.05, 4.69) is 15.6 Å². The summed E-state index contributed by atoms with van der Waals surface area (Å²) in [6.45, 7) is 0.554. The topological polar surface area (TPSA) is 137 Å². The fourth-order valence-corrected chi connectivity index (χ4v) is 5.42. The van der Waals surface area contributed by atoms with Crippen molar-refractivity contribution in [2.45, 2.75) is 50.7 Å². The van der Waals surface area contributed by atoms with Crippen molar-refractivity contribution in [3.05, 3.63) is 99.5 Å². The predicted octanol–water partition coefficient (Wildman–Crippen LogP) is 4.69. The second-order valence-corrected chi connectivity index (χ2v) is 12.1. The molecule has 3 aromatic rings. The summed E-state index contributed by atoms with van der Waals surface area (Å²) >= 11 is 12.2. The number of ketones is 1. The fraction of sp³-hybridized carbons (Fsp3) is 0.324. The van der Waals surface area contributed by atoms with Crippen LogP contribution in [0.25, 0.3) is 0 Å². The van der Waals surface area contributed by atoms with Crippen LogP contribution in [0, 0.1) is 0 Å². The van der Waals surface area contributed by atoms with Crippen LogP contribution in [-0.2, 0) is 27.3 Å². The van der Waals surface area contributed by atoms with Gasteiger partial charge in [0.25, 0.3) is 0 Å². The van der Waals surface area contributed by atoms with E-state index in [0.717, 1.165) is 11.1 Å². The van der Waals surface area contributed by atoms with Crippen molar-refractivity contribution in [1.82, 2.24) is 15.1 Å². The first-order valence-corrected chi connectivity index (χ1v) is 15.8. The second-order valence-electron chi connectivity index (χ2n) is 11.3. The number of anilines is 1. The lowest BCUT2D eigenvalue weighted by Crippen LogP contribution is -2.56. The lowest BCUT2D eigenvalue weighted by molar-refractivity contribution is -0.142. The van der Waals surface area contributed by atoms with Crippen LogP contribution in [0.3, 0.4) is 0 Å². The maximum absolute atomic E-state index is 13.9. The molecule has 0 aromatic heterocycles. The molecule has 3 aromatic carbocycles. The standard InChI is InChI=1S/C34H38Cl2N6O4/c1-41(2)34(37)38-18-8-13-28(32(45)39-25-14-15-26(35)27(36)20-25)40-33(46)29-19-23-11-6-7-12-24(23)21-42(29)31(44)17-16-30(43)22-9-4-3-5-10-22/h3-7,9-12,14-15,20,28-29H,8,13,16-19,21H2,1-2H3,(H2,37,38)(H,39,45)(H,40,46)/t28?,29-/m0/s1. The molecule has 1 unspecified atom stereocenters. The van der Waals surface area contributed by atoms with Gasteiger partial charge in [-0.1, -0.05) is 77.8 Å². The van der Waals surface area contributed by atoms with Crippen LogP contribution in [0.2, 0.25) is 10.0 Å². The summed E-state index contributed by atoms with van der Waals surface area (Å²) in [5, 5.41) is 6.30. The Bertz CT molecular complexity index is 1600. The number of fused-ring (bicyclic) bond motifs is 1. The highest BCUT2D eigenvalue weighted by Crippen LogP contribution is 2.27. The number of guanidine groups is 1. The maximum Gasteiger partial charge on any atom is 0.246 e. The number of amides is 3. The summed E-state index contributed by atoms with van der Waals surface area (Å²) in [6, 6.07) is 19.3. The molecule has 0 spiro atoms. The molecule has 0 saturated heterocycles. The summed E-state index contributed by atoms with van der Waals surface area (Å²) in [5.41, 5.74) is 8.72. The molecule has 3 amide bonds. The third kappa shape index (κ3) is 9.31. The number of rotatable bonds is 12. The Hall–Kier alpha value is -4.41. The van der Waals surface area contributed by atoms with Crippen molar-refractivity contribution in [1.29, 1.82) is 0 Å². The monoisotopic (exact) mass is 664 g/mol. The average molecular weight is 666 g/mol. The van der Waals surface area contributed by atoms with E-state index in [9.17, 15) is 19.2 Å². The average Bonchev–Trinajstić information content (AvgIpc) is 3.05. The normalized spacial score (nSPS) is 15.0. The van der Waals surface area contributed by atoms with E-state index in [1.165, 1.54) is 11.0 Å². The van der Waals surface area contributed by atoms with Crippen molar-refractivity contribution in [3.63, 3.8) is 0 Å². The maximum atomic E-state index is 13.9. The molecular formula is C34H38Cl2N6O4. The van der Waals surface area contributed by atoms with Gasteiger partial charge in [-0.25, -0.2) is 0 Å². The number of aliphatic imine (C=N–C) groups is 1. The number of nitrogens with zero attached hydrogens (tertiary/aromatic N) is 3. The van der Waals surface area contributed by atoms with Gasteiger partial charge >= 0.3 is 0 Å². The van der Waals surface area contributed by atoms with Gasteiger partial charge in [-0.05, 0) is 42.2 Å². The fourth-order valence-electron chi connectivity index (χ4n) is 5.12. The molecule has 1 heterocycles. The number of hydrogen-bond donors (Lipinski definition) is 3. The van der Waals surface area contributed by atoms with Crippen LogP contribution in [0.15, 0.2) is 77.8 Å². The van der Waals surface area contributed by atoms with Crippen LogP contribution in [0.5, 0.6) is 0 Å². The third-order valence-electron chi connectivity index (χ3n) is 7.74. The summed E-state index contributed by atoms with van der Waals surface area (Å²) in [4.78, 5) is 61.2. The first-order valence-electron chi connectivity index (χ1n) is 15.0. The molecule has 46 heavy (non-hydrogen) atoms. The Morgan fingerprint density at radius 2 is 1.65 bits per heavy atom. The molecule has 12 heteroatoms. The number of nitrogens with two attached hydrogens (primary N) is 1. The highest BCUT2D eigenvalue weighted by atomic mass is 35.5. The van der Waals surface area contributed by atoms with Gasteiger partial charge in [0.2, 0.25) is 17.7 Å². The van der Waals surface area contributed by atoms with E-state index in [-0.39, 0.29) is 48.9 Å². The van der Waals surface area contributed by atoms with Crippen molar-refractivity contribution in [3.8, 4) is 0 Å². The summed E-state index contributed by atoms with van der Waals surface area (Å²) in [6.07, 6.45) is 0.940. The van der Waals surface area contributed by atoms with Crippen molar-refractivity contribution in [2.75, 3.05) is 26.0 Å². The van der Waals surface area contributed by atoms with Crippen molar-refractivity contribution >= 4 is 58.4 Å². The van der Waals surface area contributed by atoms with Gasteiger partial charge in [-0.15, -0.1) is 0 Å². The van der Waals surface area contributed by atoms with Crippen LogP contribution in [-0.4, -0.2) is 72.0 Å². The largest absolute Gasteiger partial charge is 0.370 e. The Kier molecular flexibility index (Phi) is 12.2. The summed E-state index contributed by atoms with van der Waals surface area (Å²) < 4.78 is 0.